The smallest absolute Gasteiger partial charge is 0.276 e. The quantitative estimate of drug-likeness (QED) is 0.0989. The minimum absolute atomic E-state index is 0.0285. The molecule has 8 N–H and O–H groups in total. The van der Waals surface area contributed by atoms with Gasteiger partial charge in [0.15, 0.2) is 0 Å². The molecule has 6 rings (SSSR count). The van der Waals surface area contributed by atoms with Gasteiger partial charge in [0.1, 0.15) is 33.9 Å². The van der Waals surface area contributed by atoms with E-state index >= 15 is 0 Å². The summed E-state index contributed by atoms with van der Waals surface area (Å²) in [7, 11) is 0. The summed E-state index contributed by atoms with van der Waals surface area (Å²) in [5, 5.41) is 36.2. The van der Waals surface area contributed by atoms with Gasteiger partial charge >= 0.3 is 0 Å². The number of primary amides is 2. The second kappa shape index (κ2) is 15.7. The number of aromatic hydroxyl groups is 2. The number of aromatic nitrogens is 8. The first-order valence-corrected chi connectivity index (χ1v) is 17.2. The van der Waals surface area contributed by atoms with Gasteiger partial charge in [-0.2, -0.15) is 10.2 Å². The van der Waals surface area contributed by atoms with Crippen LogP contribution in [0.3, 0.4) is 0 Å². The first-order chi connectivity index (χ1) is 25.8. The van der Waals surface area contributed by atoms with Crippen LogP contribution < -0.4 is 22.1 Å². The molecule has 6 aromatic rings. The van der Waals surface area contributed by atoms with E-state index in [0.717, 1.165) is 0 Å². The van der Waals surface area contributed by atoms with Crippen LogP contribution in [0.2, 0.25) is 0 Å². The van der Waals surface area contributed by atoms with Crippen molar-refractivity contribution in [3.05, 3.63) is 82.5 Å². The van der Waals surface area contributed by atoms with Crippen molar-refractivity contribution in [2.75, 3.05) is 10.6 Å². The molecule has 18 nitrogen and oxygen atoms in total. The molecule has 18 heteroatoms. The maximum absolute atomic E-state index is 13.4. The molecule has 0 saturated heterocycles. The number of nitrogens with zero attached hydrogens (tertiary/aromatic N) is 8. The molecular weight excluding hydrogens is 696 g/mol. The number of allylic oxidation sites excluding steroid dienone is 2. The number of rotatable bonds is 12. The summed E-state index contributed by atoms with van der Waals surface area (Å²) >= 11 is 0. The second-order valence-electron chi connectivity index (χ2n) is 11.9. The Morgan fingerprint density at radius 2 is 1.04 bits per heavy atom. The zero-order valence-electron chi connectivity index (χ0n) is 30.7. The Hall–Kier alpha value is -6.98. The molecule has 0 fully saturated rings. The second-order valence-corrected chi connectivity index (χ2v) is 11.9. The maximum atomic E-state index is 13.4. The summed E-state index contributed by atoms with van der Waals surface area (Å²) in [6.07, 6.45) is 3.42. The molecule has 4 amide bonds. The Morgan fingerprint density at radius 3 is 1.37 bits per heavy atom. The van der Waals surface area contributed by atoms with E-state index < -0.39 is 23.6 Å². The van der Waals surface area contributed by atoms with Gasteiger partial charge < -0.3 is 30.8 Å². The highest BCUT2D eigenvalue weighted by molar-refractivity contribution is 6.05. The van der Waals surface area contributed by atoms with E-state index in [0.29, 0.717) is 35.9 Å². The Kier molecular flexibility index (Phi) is 11.1. The monoisotopic (exact) mass is 738 g/mol. The normalized spacial score (nSPS) is 11.2. The van der Waals surface area contributed by atoms with Crippen LogP contribution in [0.1, 0.15) is 80.8 Å². The van der Waals surface area contributed by atoms with Gasteiger partial charge in [-0.15, -0.1) is 0 Å². The van der Waals surface area contributed by atoms with Crippen molar-refractivity contribution in [3.8, 4) is 11.5 Å². The third-order valence-corrected chi connectivity index (χ3v) is 8.27. The van der Waals surface area contributed by atoms with Gasteiger partial charge in [0.25, 0.3) is 11.8 Å². The number of carbonyl (C=O) groups is 4. The van der Waals surface area contributed by atoms with Crippen molar-refractivity contribution in [2.24, 2.45) is 11.5 Å². The van der Waals surface area contributed by atoms with Gasteiger partial charge in [-0.1, -0.05) is 26.0 Å². The van der Waals surface area contributed by atoms with E-state index in [9.17, 15) is 29.4 Å². The molecule has 0 aliphatic carbocycles. The minimum atomic E-state index is -0.768. The Morgan fingerprint density at radius 1 is 0.667 bits per heavy atom. The molecular formula is C36H42N12O6. The number of aryl methyl sites for hydroxylation is 4. The number of nitrogens with two attached hydrogens (primary N) is 2. The molecule has 54 heavy (non-hydrogen) atoms. The van der Waals surface area contributed by atoms with Gasteiger partial charge in [0, 0.05) is 37.3 Å². The van der Waals surface area contributed by atoms with Crippen LogP contribution >= 0.6 is 0 Å². The summed E-state index contributed by atoms with van der Waals surface area (Å²) < 4.78 is 6.18. The lowest BCUT2D eigenvalue weighted by molar-refractivity contribution is 0.0991. The SMILES string of the molecule is CC.CCn1nc(C)cc1C(=O)Nc1nc2cc(C(N)=O)cc(O)c2n1C/C=C/Cn1c(NC(=O)c2cc(C)nn2CC)nc2cc(C(N)=O)cc(O)c21. The number of nitrogens with one attached hydrogen (secondary N) is 2. The zero-order valence-corrected chi connectivity index (χ0v) is 30.7. The number of hydrogen-bond donors (Lipinski definition) is 6. The number of phenolic OH excluding ortho intramolecular Hbond substituents is 2. The number of carbonyl (C=O) groups excluding carboxylic acids is 4. The number of fused-ring (bicyclic) bond motifs is 2. The topological polar surface area (TPSA) is 256 Å². The third kappa shape index (κ3) is 7.48. The van der Waals surface area contributed by atoms with E-state index in [1.165, 1.54) is 24.3 Å². The van der Waals surface area contributed by atoms with E-state index in [2.05, 4.69) is 30.8 Å². The molecule has 2 aromatic carbocycles. The number of anilines is 2. The van der Waals surface area contributed by atoms with Crippen LogP contribution in [0.25, 0.3) is 22.1 Å². The lowest BCUT2D eigenvalue weighted by atomic mass is 10.1. The summed E-state index contributed by atoms with van der Waals surface area (Å²) in [4.78, 5) is 59.6. The lowest BCUT2D eigenvalue weighted by Gasteiger charge is -2.11. The average Bonchev–Trinajstić information content (AvgIpc) is 3.90. The Labute approximate surface area is 309 Å². The summed E-state index contributed by atoms with van der Waals surface area (Å²) in [6, 6.07) is 8.54. The molecule has 0 atom stereocenters. The van der Waals surface area contributed by atoms with Crippen molar-refractivity contribution in [2.45, 2.75) is 67.7 Å². The zero-order chi connectivity index (χ0) is 39.4. The lowest BCUT2D eigenvalue weighted by Crippen LogP contribution is -2.20. The number of imidazole rings is 2. The molecule has 0 spiro atoms. The van der Waals surface area contributed by atoms with Crippen LogP contribution in [0.4, 0.5) is 11.9 Å². The fraction of sp³-hybridized carbons (Fsp3) is 0.278. The highest BCUT2D eigenvalue weighted by Crippen LogP contribution is 2.32. The molecule has 282 valence electrons. The minimum Gasteiger partial charge on any atom is -0.506 e. The van der Waals surface area contributed by atoms with Crippen LogP contribution in [0.5, 0.6) is 11.5 Å². The fourth-order valence-corrected chi connectivity index (χ4v) is 5.95. The maximum Gasteiger partial charge on any atom is 0.276 e. The molecule has 0 radical (unpaired) electrons. The molecule has 0 bridgehead atoms. The van der Waals surface area contributed by atoms with Gasteiger partial charge in [0.05, 0.1) is 22.4 Å². The predicted octanol–water partition coefficient (Wildman–Crippen LogP) is 3.83. The van der Waals surface area contributed by atoms with Crippen molar-refractivity contribution in [3.63, 3.8) is 0 Å². The first-order valence-electron chi connectivity index (χ1n) is 17.2. The Balaban J connectivity index is 0.00000276. The van der Waals surface area contributed by atoms with E-state index in [-0.39, 0.29) is 69.7 Å². The molecule has 4 aromatic heterocycles. The van der Waals surface area contributed by atoms with Crippen molar-refractivity contribution in [1.82, 2.24) is 38.7 Å². The van der Waals surface area contributed by atoms with Crippen LogP contribution in [-0.2, 0) is 26.2 Å². The number of amides is 4. The summed E-state index contributed by atoms with van der Waals surface area (Å²) in [5.74, 6) is -2.95. The molecule has 0 saturated carbocycles. The largest absolute Gasteiger partial charge is 0.506 e. The predicted molar refractivity (Wildman–Crippen MR) is 202 cm³/mol. The van der Waals surface area contributed by atoms with Gasteiger partial charge in [-0.25, -0.2) is 9.97 Å². The highest BCUT2D eigenvalue weighted by atomic mass is 16.3. The molecule has 4 heterocycles. The van der Waals surface area contributed by atoms with Crippen molar-refractivity contribution >= 4 is 57.6 Å². The van der Waals surface area contributed by atoms with E-state index in [4.69, 9.17) is 11.5 Å². The van der Waals surface area contributed by atoms with Crippen LogP contribution in [-0.4, -0.2) is 72.5 Å². The number of hydrogen-bond acceptors (Lipinski definition) is 10. The standard InChI is InChI=1S/C34H36N12O6.C2H6/c1-5-45-23(11-17(3)41-45)31(51)39-33-37-21-13-19(29(35)49)15-25(47)27(21)43(33)9-7-8-10-44-28-22(14-20(30(36)50)16-26(28)48)38-34(44)40-32(52)24-12-18(4)42-46(24)6-2;1-2/h7-8,11-16,47-48H,5-6,9-10H2,1-4H3,(H2,35,49)(H2,36,50)(H,37,39,51)(H,38,40,52);1-2H3/b8-7+;. The molecule has 0 aliphatic heterocycles. The molecule has 0 aliphatic rings. The van der Waals surface area contributed by atoms with Crippen LogP contribution in [0, 0.1) is 13.8 Å². The van der Waals surface area contributed by atoms with E-state index in [1.807, 2.05) is 27.7 Å². The van der Waals surface area contributed by atoms with E-state index in [1.54, 1.807) is 56.6 Å². The van der Waals surface area contributed by atoms with Crippen molar-refractivity contribution in [1.29, 1.82) is 0 Å². The molecule has 0 unspecified atom stereocenters. The van der Waals surface area contributed by atoms with Crippen LogP contribution in [0.15, 0.2) is 48.6 Å². The van der Waals surface area contributed by atoms with Gasteiger partial charge in [-0.05, 0) is 64.1 Å². The first kappa shape index (κ1) is 38.3. The Bertz CT molecular complexity index is 2280. The van der Waals surface area contributed by atoms with Crippen molar-refractivity contribution < 1.29 is 29.4 Å². The number of benzene rings is 2. The number of phenols is 2. The highest BCUT2D eigenvalue weighted by Gasteiger charge is 2.23. The average molecular weight is 739 g/mol. The van der Waals surface area contributed by atoms with Gasteiger partial charge in [-0.3, -0.25) is 39.2 Å². The third-order valence-electron chi connectivity index (χ3n) is 8.27. The summed E-state index contributed by atoms with van der Waals surface area (Å²) in [6.45, 7) is 12.3. The summed E-state index contributed by atoms with van der Waals surface area (Å²) in [5.41, 5.74) is 13.8. The fourth-order valence-electron chi connectivity index (χ4n) is 5.95. The van der Waals surface area contributed by atoms with Gasteiger partial charge in [0.2, 0.25) is 23.7 Å².